The molecule has 0 aliphatic heterocycles. The summed E-state index contributed by atoms with van der Waals surface area (Å²) >= 11 is 0. The van der Waals surface area contributed by atoms with Gasteiger partial charge in [0.25, 0.3) is 0 Å². The molecule has 3 aromatic heterocycles. The highest BCUT2D eigenvalue weighted by Gasteiger charge is 2.16. The quantitative estimate of drug-likeness (QED) is 0.386. The van der Waals surface area contributed by atoms with Crippen molar-refractivity contribution in [1.82, 2.24) is 14.4 Å². The summed E-state index contributed by atoms with van der Waals surface area (Å²) in [5.74, 6) is 7.19. The van der Waals surface area contributed by atoms with E-state index in [1.165, 1.54) is 0 Å². The molecule has 0 amide bonds. The number of rotatable bonds is 3. The highest BCUT2D eigenvalue weighted by atomic mass is 15.1. The predicted octanol–water partition coefficient (Wildman–Crippen LogP) is 5.85. The third-order valence-electron chi connectivity index (χ3n) is 5.03. The van der Waals surface area contributed by atoms with Crippen LogP contribution in [0, 0.1) is 18.8 Å². The number of hydrogen-bond donors (Lipinski definition) is 1. The van der Waals surface area contributed by atoms with Crippen molar-refractivity contribution in [2.24, 2.45) is 0 Å². The third kappa shape index (κ3) is 3.90. The van der Waals surface area contributed by atoms with Crippen molar-refractivity contribution in [2.45, 2.75) is 6.92 Å². The van der Waals surface area contributed by atoms with Crippen LogP contribution < -0.4 is 5.32 Å². The number of pyridine rings is 2. The van der Waals surface area contributed by atoms with E-state index in [1.807, 2.05) is 91.3 Å². The van der Waals surface area contributed by atoms with Crippen molar-refractivity contribution in [3.05, 3.63) is 114 Å². The number of aromatic nitrogens is 3. The highest BCUT2D eigenvalue weighted by molar-refractivity contribution is 5.80. The van der Waals surface area contributed by atoms with Gasteiger partial charge in [0.1, 0.15) is 22.9 Å². The lowest BCUT2D eigenvalue weighted by atomic mass is 10.2. The molecule has 5 aromatic rings. The molecule has 0 aliphatic carbocycles. The predicted molar refractivity (Wildman–Crippen MR) is 125 cm³/mol. The molecule has 148 valence electrons. The average Bonchev–Trinajstić information content (AvgIpc) is 3.19. The van der Waals surface area contributed by atoms with Crippen molar-refractivity contribution in [1.29, 1.82) is 0 Å². The van der Waals surface area contributed by atoms with Gasteiger partial charge in [-0.25, -0.2) is 9.97 Å². The van der Waals surface area contributed by atoms with E-state index in [9.17, 15) is 0 Å². The molecular formula is C27H20N4. The first-order valence-electron chi connectivity index (χ1n) is 10.1. The van der Waals surface area contributed by atoms with Crippen molar-refractivity contribution < 1.29 is 0 Å². The zero-order valence-corrected chi connectivity index (χ0v) is 17.1. The second-order valence-corrected chi connectivity index (χ2v) is 7.23. The topological polar surface area (TPSA) is 42.2 Å². The Morgan fingerprint density at radius 3 is 2.32 bits per heavy atom. The number of nitrogens with one attached hydrogen (secondary N) is 1. The highest BCUT2D eigenvalue weighted by Crippen LogP contribution is 2.31. The number of aryl methyl sites for hydroxylation is 1. The summed E-state index contributed by atoms with van der Waals surface area (Å²) in [4.78, 5) is 9.49. The first-order chi connectivity index (χ1) is 15.3. The zero-order chi connectivity index (χ0) is 21.0. The molecule has 0 unspecified atom stereocenters. The summed E-state index contributed by atoms with van der Waals surface area (Å²) in [7, 11) is 0. The molecule has 1 N–H and O–H groups in total. The monoisotopic (exact) mass is 400 g/mol. The summed E-state index contributed by atoms with van der Waals surface area (Å²) in [6, 6.07) is 28.1. The van der Waals surface area contributed by atoms with Crippen molar-refractivity contribution in [3.8, 4) is 23.1 Å². The molecule has 0 spiro atoms. The molecular weight excluding hydrogens is 380 g/mol. The van der Waals surface area contributed by atoms with Crippen LogP contribution in [0.3, 0.4) is 0 Å². The Labute approximate surface area is 181 Å². The first-order valence-corrected chi connectivity index (χ1v) is 10.1. The largest absolute Gasteiger partial charge is 0.339 e. The van der Waals surface area contributed by atoms with E-state index in [-0.39, 0.29) is 0 Å². The molecule has 4 nitrogen and oxygen atoms in total. The number of para-hydroxylation sites is 1. The minimum Gasteiger partial charge on any atom is -0.339 e. The SMILES string of the molecule is Cc1cccn2c(Nc3ccccc3)c(-c3ccc(C#Cc4ccccc4)nc3)nc12. The average molecular weight is 400 g/mol. The maximum absolute atomic E-state index is 4.93. The van der Waals surface area contributed by atoms with E-state index in [0.29, 0.717) is 0 Å². The fraction of sp³-hybridized carbons (Fsp3) is 0.0370. The van der Waals surface area contributed by atoms with Crippen molar-refractivity contribution in [2.75, 3.05) is 5.32 Å². The Morgan fingerprint density at radius 1 is 0.806 bits per heavy atom. The smallest absolute Gasteiger partial charge is 0.143 e. The van der Waals surface area contributed by atoms with Crippen LogP contribution in [-0.4, -0.2) is 14.4 Å². The molecule has 0 atom stereocenters. The molecule has 0 fully saturated rings. The number of anilines is 2. The van der Waals surface area contributed by atoms with Gasteiger partial charge in [-0.05, 0) is 60.9 Å². The van der Waals surface area contributed by atoms with E-state index in [1.54, 1.807) is 0 Å². The lowest BCUT2D eigenvalue weighted by Gasteiger charge is -2.09. The molecule has 0 aliphatic rings. The standard InChI is InChI=1S/C27H20N4/c1-20-9-8-18-31-26(20)30-25(27(31)29-24-12-6-3-7-13-24)22-15-17-23(28-19-22)16-14-21-10-4-2-5-11-21/h2-13,15,17-19,29H,1H3. The lowest BCUT2D eigenvalue weighted by molar-refractivity contribution is 1.16. The molecule has 0 saturated carbocycles. The van der Waals surface area contributed by atoms with Gasteiger partial charge in [-0.15, -0.1) is 0 Å². The Hall–Kier alpha value is -4.36. The van der Waals surface area contributed by atoms with Crippen LogP contribution in [0.25, 0.3) is 16.9 Å². The van der Waals surface area contributed by atoms with Crippen LogP contribution in [0.2, 0.25) is 0 Å². The van der Waals surface area contributed by atoms with Crippen molar-refractivity contribution in [3.63, 3.8) is 0 Å². The first kappa shape index (κ1) is 18.7. The lowest BCUT2D eigenvalue weighted by Crippen LogP contribution is -1.97. The number of benzene rings is 2. The molecule has 0 saturated heterocycles. The van der Waals surface area contributed by atoms with Gasteiger partial charge in [0, 0.05) is 29.2 Å². The van der Waals surface area contributed by atoms with E-state index >= 15 is 0 Å². The summed E-state index contributed by atoms with van der Waals surface area (Å²) in [6.45, 7) is 2.07. The van der Waals surface area contributed by atoms with E-state index in [2.05, 4.69) is 39.5 Å². The number of imidazole rings is 1. The Bertz CT molecular complexity index is 1390. The molecule has 0 bridgehead atoms. The summed E-state index contributed by atoms with van der Waals surface area (Å²) < 4.78 is 2.08. The fourth-order valence-corrected chi connectivity index (χ4v) is 3.45. The summed E-state index contributed by atoms with van der Waals surface area (Å²) in [6.07, 6.45) is 3.86. The normalized spacial score (nSPS) is 10.5. The maximum Gasteiger partial charge on any atom is 0.143 e. The van der Waals surface area contributed by atoms with E-state index < -0.39 is 0 Å². The molecule has 4 heteroatoms. The summed E-state index contributed by atoms with van der Waals surface area (Å²) in [5.41, 5.74) is 6.53. The van der Waals surface area contributed by atoms with Crippen molar-refractivity contribution >= 4 is 17.2 Å². The van der Waals surface area contributed by atoms with Gasteiger partial charge in [0.15, 0.2) is 0 Å². The molecule has 2 aromatic carbocycles. The number of nitrogens with zero attached hydrogens (tertiary/aromatic N) is 3. The van der Waals surface area contributed by atoms with Gasteiger partial charge in [-0.1, -0.05) is 48.4 Å². The number of fused-ring (bicyclic) bond motifs is 1. The molecule has 31 heavy (non-hydrogen) atoms. The van der Waals surface area contributed by atoms with Crippen LogP contribution in [0.5, 0.6) is 0 Å². The molecule has 5 rings (SSSR count). The van der Waals surface area contributed by atoms with Gasteiger partial charge >= 0.3 is 0 Å². The van der Waals surface area contributed by atoms with Crippen LogP contribution in [0.4, 0.5) is 11.5 Å². The number of hydrogen-bond acceptors (Lipinski definition) is 3. The van der Waals surface area contributed by atoms with Crippen LogP contribution in [0.15, 0.2) is 97.3 Å². The van der Waals surface area contributed by atoms with E-state index in [0.717, 1.165) is 45.2 Å². The second kappa shape index (κ2) is 8.17. The van der Waals surface area contributed by atoms with Gasteiger partial charge in [-0.2, -0.15) is 0 Å². The van der Waals surface area contributed by atoms with Gasteiger partial charge in [-0.3, -0.25) is 4.40 Å². The molecule has 0 radical (unpaired) electrons. The fourth-order valence-electron chi connectivity index (χ4n) is 3.45. The van der Waals surface area contributed by atoms with Gasteiger partial charge in [0.05, 0.1) is 0 Å². The van der Waals surface area contributed by atoms with Gasteiger partial charge < -0.3 is 5.32 Å². The van der Waals surface area contributed by atoms with Crippen LogP contribution in [0.1, 0.15) is 16.8 Å². The Morgan fingerprint density at radius 2 is 1.58 bits per heavy atom. The minimum atomic E-state index is 0.727. The Balaban J connectivity index is 1.54. The Kier molecular flexibility index (Phi) is 4.92. The minimum absolute atomic E-state index is 0.727. The third-order valence-corrected chi connectivity index (χ3v) is 5.03. The second-order valence-electron chi connectivity index (χ2n) is 7.23. The molecule has 3 heterocycles. The van der Waals surface area contributed by atoms with Gasteiger partial charge in [0.2, 0.25) is 0 Å². The summed E-state index contributed by atoms with van der Waals surface area (Å²) in [5, 5.41) is 3.53. The van der Waals surface area contributed by atoms with Crippen LogP contribution >= 0.6 is 0 Å². The van der Waals surface area contributed by atoms with Crippen LogP contribution in [-0.2, 0) is 0 Å². The maximum atomic E-state index is 4.93. The zero-order valence-electron chi connectivity index (χ0n) is 17.1. The van der Waals surface area contributed by atoms with E-state index in [4.69, 9.17) is 4.98 Å².